The third-order valence-corrected chi connectivity index (χ3v) is 3.23. The van der Waals surface area contributed by atoms with Gasteiger partial charge in [-0.2, -0.15) is 0 Å². The molecule has 0 fully saturated rings. The van der Waals surface area contributed by atoms with Crippen LogP contribution in [0.3, 0.4) is 0 Å². The van der Waals surface area contributed by atoms with Gasteiger partial charge in [0.15, 0.2) is 11.5 Å². The number of aromatic hydroxyl groups is 1. The van der Waals surface area contributed by atoms with Crippen LogP contribution in [-0.4, -0.2) is 17.8 Å². The van der Waals surface area contributed by atoms with E-state index in [1.54, 1.807) is 0 Å². The summed E-state index contributed by atoms with van der Waals surface area (Å²) in [5.74, 6) is 0.878. The molecule has 0 amide bonds. The molecule has 82 valence electrons. The molecule has 0 aromatic heterocycles. The summed E-state index contributed by atoms with van der Waals surface area (Å²) in [5.41, 5.74) is 7.62. The van der Waals surface area contributed by atoms with Crippen LogP contribution in [0.2, 0.25) is 0 Å². The molecule has 0 radical (unpaired) electrons. The molecule has 0 aliphatic carbocycles. The molecule has 1 aliphatic heterocycles. The summed E-state index contributed by atoms with van der Waals surface area (Å²) >= 11 is 3.49. The number of hydrogen-bond donors (Lipinski definition) is 2. The maximum absolute atomic E-state index is 9.98. The van der Waals surface area contributed by atoms with Crippen molar-refractivity contribution in [2.24, 2.45) is 5.73 Å². The van der Waals surface area contributed by atoms with Crippen molar-refractivity contribution >= 4 is 15.9 Å². The normalized spacial score (nSPS) is 15.9. The van der Waals surface area contributed by atoms with Gasteiger partial charge in [-0.3, -0.25) is 0 Å². The van der Waals surface area contributed by atoms with Gasteiger partial charge in [0, 0.05) is 28.1 Å². The van der Waals surface area contributed by atoms with Gasteiger partial charge < -0.3 is 15.6 Å². The van der Waals surface area contributed by atoms with Crippen molar-refractivity contribution in [3.63, 3.8) is 0 Å². The van der Waals surface area contributed by atoms with E-state index in [0.29, 0.717) is 18.8 Å². The smallest absolute Gasteiger partial charge is 0.165 e. The summed E-state index contributed by atoms with van der Waals surface area (Å²) in [6, 6.07) is 1.97. The van der Waals surface area contributed by atoms with Gasteiger partial charge in [0.25, 0.3) is 0 Å². The minimum absolute atomic E-state index is 0.0299. The number of benzene rings is 1. The fraction of sp³-hybridized carbons (Fsp3) is 0.455. The second kappa shape index (κ2) is 4.02. The SMILES string of the molecule is CC(N)Cc1cc(Br)c2c(c1O)OCC2. The van der Waals surface area contributed by atoms with Crippen LogP contribution in [0.1, 0.15) is 18.1 Å². The minimum atomic E-state index is 0.0299. The molecule has 1 heterocycles. The number of phenols is 1. The van der Waals surface area contributed by atoms with Crippen molar-refractivity contribution < 1.29 is 9.84 Å². The van der Waals surface area contributed by atoms with E-state index in [1.165, 1.54) is 0 Å². The Morgan fingerprint density at radius 3 is 3.07 bits per heavy atom. The van der Waals surface area contributed by atoms with Crippen molar-refractivity contribution in [1.82, 2.24) is 0 Å². The Morgan fingerprint density at radius 2 is 2.40 bits per heavy atom. The average Bonchev–Trinajstić information content (AvgIpc) is 2.61. The molecule has 3 nitrogen and oxygen atoms in total. The van der Waals surface area contributed by atoms with E-state index < -0.39 is 0 Å². The molecule has 3 N–H and O–H groups in total. The Kier molecular flexibility index (Phi) is 2.89. The maximum atomic E-state index is 9.98. The number of halogens is 1. The molecule has 0 bridgehead atoms. The molecule has 1 aliphatic rings. The zero-order chi connectivity index (χ0) is 11.0. The first-order chi connectivity index (χ1) is 7.09. The van der Waals surface area contributed by atoms with Gasteiger partial charge >= 0.3 is 0 Å². The first kappa shape index (κ1) is 10.8. The first-order valence-corrected chi connectivity index (χ1v) is 5.80. The van der Waals surface area contributed by atoms with Crippen molar-refractivity contribution in [2.45, 2.75) is 25.8 Å². The third kappa shape index (κ3) is 1.96. The summed E-state index contributed by atoms with van der Waals surface area (Å²) in [7, 11) is 0. The van der Waals surface area contributed by atoms with Crippen LogP contribution < -0.4 is 10.5 Å². The van der Waals surface area contributed by atoms with Gasteiger partial charge in [-0.25, -0.2) is 0 Å². The van der Waals surface area contributed by atoms with Crippen LogP contribution in [0.25, 0.3) is 0 Å². The number of ether oxygens (including phenoxy) is 1. The third-order valence-electron chi connectivity index (χ3n) is 2.52. The minimum Gasteiger partial charge on any atom is -0.504 e. The largest absolute Gasteiger partial charge is 0.504 e. The number of phenolic OH excluding ortho intramolecular Hbond substituents is 1. The predicted octanol–water partition coefficient (Wildman–Crippen LogP) is 1.98. The van der Waals surface area contributed by atoms with Crippen LogP contribution in [0.5, 0.6) is 11.5 Å². The topological polar surface area (TPSA) is 55.5 Å². The predicted molar refractivity (Wildman–Crippen MR) is 62.4 cm³/mol. The van der Waals surface area contributed by atoms with E-state index in [-0.39, 0.29) is 11.8 Å². The lowest BCUT2D eigenvalue weighted by Gasteiger charge is -2.12. The van der Waals surface area contributed by atoms with Gasteiger partial charge in [0.2, 0.25) is 0 Å². The Balaban J connectivity index is 2.45. The summed E-state index contributed by atoms with van der Waals surface area (Å²) < 4.78 is 6.41. The van der Waals surface area contributed by atoms with Crippen LogP contribution in [0.15, 0.2) is 10.5 Å². The molecular formula is C11H14BrNO2. The second-order valence-electron chi connectivity index (χ2n) is 3.95. The average molecular weight is 272 g/mol. The van der Waals surface area contributed by atoms with E-state index >= 15 is 0 Å². The lowest BCUT2D eigenvalue weighted by Crippen LogP contribution is -2.17. The van der Waals surface area contributed by atoms with Crippen molar-refractivity contribution in [3.8, 4) is 11.5 Å². The molecule has 1 unspecified atom stereocenters. The number of fused-ring (bicyclic) bond motifs is 1. The number of nitrogens with two attached hydrogens (primary N) is 1. The molecule has 4 heteroatoms. The lowest BCUT2D eigenvalue weighted by molar-refractivity contribution is 0.333. The summed E-state index contributed by atoms with van der Waals surface area (Å²) in [4.78, 5) is 0. The first-order valence-electron chi connectivity index (χ1n) is 5.01. The fourth-order valence-electron chi connectivity index (χ4n) is 1.85. The van der Waals surface area contributed by atoms with Crippen LogP contribution in [0, 0.1) is 0 Å². The molecule has 1 aromatic rings. The molecular weight excluding hydrogens is 258 g/mol. The molecule has 0 spiro atoms. The van der Waals surface area contributed by atoms with Gasteiger partial charge in [0.1, 0.15) is 0 Å². The zero-order valence-corrected chi connectivity index (χ0v) is 10.2. The van der Waals surface area contributed by atoms with Crippen LogP contribution in [0.4, 0.5) is 0 Å². The number of rotatable bonds is 2. The quantitative estimate of drug-likeness (QED) is 0.865. The summed E-state index contributed by atoms with van der Waals surface area (Å²) in [6.07, 6.45) is 1.50. The molecule has 0 saturated heterocycles. The Morgan fingerprint density at radius 1 is 1.67 bits per heavy atom. The van der Waals surface area contributed by atoms with Gasteiger partial charge in [0.05, 0.1) is 6.61 Å². The highest BCUT2D eigenvalue weighted by molar-refractivity contribution is 9.10. The second-order valence-corrected chi connectivity index (χ2v) is 4.81. The van der Waals surface area contributed by atoms with E-state index in [4.69, 9.17) is 10.5 Å². The van der Waals surface area contributed by atoms with Crippen LogP contribution >= 0.6 is 15.9 Å². The standard InChI is InChI=1S/C11H14BrNO2/c1-6(13)4-7-5-9(12)8-2-3-15-11(8)10(7)14/h5-6,14H,2-4,13H2,1H3. The maximum Gasteiger partial charge on any atom is 0.165 e. The van der Waals surface area contributed by atoms with E-state index in [9.17, 15) is 5.11 Å². The van der Waals surface area contributed by atoms with E-state index in [2.05, 4.69) is 15.9 Å². The highest BCUT2D eigenvalue weighted by Gasteiger charge is 2.22. The molecule has 1 aromatic carbocycles. The molecule has 0 saturated carbocycles. The fourth-order valence-corrected chi connectivity index (χ4v) is 2.51. The van der Waals surface area contributed by atoms with E-state index in [1.807, 2.05) is 13.0 Å². The lowest BCUT2D eigenvalue weighted by atomic mass is 10.0. The number of hydrogen-bond acceptors (Lipinski definition) is 3. The van der Waals surface area contributed by atoms with Crippen molar-refractivity contribution in [2.75, 3.05) is 6.61 Å². The van der Waals surface area contributed by atoms with Gasteiger partial charge in [-0.1, -0.05) is 15.9 Å². The Labute approximate surface area is 97.4 Å². The monoisotopic (exact) mass is 271 g/mol. The highest BCUT2D eigenvalue weighted by atomic mass is 79.9. The highest BCUT2D eigenvalue weighted by Crippen LogP contribution is 2.42. The van der Waals surface area contributed by atoms with Gasteiger partial charge in [-0.15, -0.1) is 0 Å². The van der Waals surface area contributed by atoms with Crippen molar-refractivity contribution in [3.05, 3.63) is 21.7 Å². The Bertz CT molecular complexity index is 391. The summed E-state index contributed by atoms with van der Waals surface area (Å²) in [6.45, 7) is 2.56. The zero-order valence-electron chi connectivity index (χ0n) is 8.59. The molecule has 1 atom stereocenters. The molecule has 2 rings (SSSR count). The summed E-state index contributed by atoms with van der Waals surface area (Å²) in [5, 5.41) is 9.98. The van der Waals surface area contributed by atoms with Gasteiger partial charge in [-0.05, 0) is 19.4 Å². The van der Waals surface area contributed by atoms with Crippen LogP contribution in [-0.2, 0) is 12.8 Å². The van der Waals surface area contributed by atoms with E-state index in [0.717, 1.165) is 22.0 Å². The van der Waals surface area contributed by atoms with Crippen molar-refractivity contribution in [1.29, 1.82) is 0 Å². The Hall–Kier alpha value is -0.740. The molecule has 15 heavy (non-hydrogen) atoms.